The minimum atomic E-state index is -0.545. The number of primary amides is 1. The lowest BCUT2D eigenvalue weighted by atomic mass is 9.99. The van der Waals surface area contributed by atoms with Gasteiger partial charge in [-0.05, 0) is 55.2 Å². The van der Waals surface area contributed by atoms with Crippen LogP contribution in [0.4, 0.5) is 0 Å². The molecule has 3 aromatic rings. The van der Waals surface area contributed by atoms with Crippen LogP contribution in [0.2, 0.25) is 0 Å². The third kappa shape index (κ3) is 3.58. The molecule has 2 amide bonds. The summed E-state index contributed by atoms with van der Waals surface area (Å²) >= 11 is 0. The second kappa shape index (κ2) is 8.24. The first-order valence-corrected chi connectivity index (χ1v) is 11.1. The Bertz CT molecular complexity index is 1150. The first-order valence-electron chi connectivity index (χ1n) is 11.1. The van der Waals surface area contributed by atoms with E-state index >= 15 is 0 Å². The number of carbonyl (C=O) groups is 2. The lowest BCUT2D eigenvalue weighted by Gasteiger charge is -2.38. The number of likely N-dealkylation sites (tertiary alicyclic amines) is 1. The standard InChI is InChI=1S/C25H27N5O2/c1-17-21-7-3-8-22(24(26)31)23(21)25(32)30(17)19-9-13-28(14-10-19)16-18-5-2-6-20(15-18)29-12-4-11-27-29/h2-8,11-12,15,17,19H,9-10,13-14,16H2,1H3,(H2,26,31). The Balaban J connectivity index is 1.26. The van der Waals surface area contributed by atoms with E-state index in [1.807, 2.05) is 40.9 Å². The van der Waals surface area contributed by atoms with Crippen LogP contribution in [-0.4, -0.2) is 50.5 Å². The van der Waals surface area contributed by atoms with E-state index in [9.17, 15) is 9.59 Å². The van der Waals surface area contributed by atoms with Crippen LogP contribution in [0.1, 0.15) is 57.7 Å². The average Bonchev–Trinajstić information content (AvgIpc) is 3.42. The molecule has 1 unspecified atom stereocenters. The Kier molecular flexibility index (Phi) is 5.27. The number of carbonyl (C=O) groups excluding carboxylic acids is 2. The number of nitrogens with two attached hydrogens (primary N) is 1. The normalized spacial score (nSPS) is 19.3. The summed E-state index contributed by atoms with van der Waals surface area (Å²) in [6.45, 7) is 4.76. The molecular formula is C25H27N5O2. The van der Waals surface area contributed by atoms with E-state index in [4.69, 9.17) is 5.73 Å². The highest BCUT2D eigenvalue weighted by atomic mass is 16.2. The molecule has 1 fully saturated rings. The van der Waals surface area contributed by atoms with Gasteiger partial charge in [0.1, 0.15) is 0 Å². The topological polar surface area (TPSA) is 84.5 Å². The molecule has 2 aromatic carbocycles. The molecule has 0 saturated carbocycles. The number of nitrogens with zero attached hydrogens (tertiary/aromatic N) is 4. The van der Waals surface area contributed by atoms with Gasteiger partial charge in [-0.1, -0.05) is 24.3 Å². The Morgan fingerprint density at radius 3 is 2.62 bits per heavy atom. The van der Waals surface area contributed by atoms with Gasteiger partial charge in [0, 0.05) is 38.1 Å². The summed E-state index contributed by atoms with van der Waals surface area (Å²) in [6.07, 6.45) is 5.55. The number of aromatic nitrogens is 2. The van der Waals surface area contributed by atoms with Crippen molar-refractivity contribution in [2.45, 2.75) is 38.4 Å². The molecule has 2 aliphatic rings. The smallest absolute Gasteiger partial charge is 0.255 e. The summed E-state index contributed by atoms with van der Waals surface area (Å²) in [5.74, 6) is -0.608. The van der Waals surface area contributed by atoms with Crippen molar-refractivity contribution in [3.63, 3.8) is 0 Å². The van der Waals surface area contributed by atoms with Crippen LogP contribution in [0.15, 0.2) is 60.9 Å². The van der Waals surface area contributed by atoms with Crippen LogP contribution >= 0.6 is 0 Å². The number of piperidine rings is 1. The highest BCUT2D eigenvalue weighted by molar-refractivity contribution is 6.09. The summed E-state index contributed by atoms with van der Waals surface area (Å²) in [6, 6.07) is 15.9. The number of hydrogen-bond acceptors (Lipinski definition) is 4. The average molecular weight is 430 g/mol. The van der Waals surface area contributed by atoms with E-state index in [1.54, 1.807) is 12.3 Å². The zero-order chi connectivity index (χ0) is 22.2. The van der Waals surface area contributed by atoms with E-state index in [-0.39, 0.29) is 18.0 Å². The molecule has 7 nitrogen and oxygen atoms in total. The zero-order valence-corrected chi connectivity index (χ0v) is 18.1. The van der Waals surface area contributed by atoms with Crippen molar-refractivity contribution in [3.8, 4) is 5.69 Å². The molecule has 0 spiro atoms. The van der Waals surface area contributed by atoms with Crippen LogP contribution in [0.3, 0.4) is 0 Å². The number of benzene rings is 2. The Labute approximate surface area is 187 Å². The molecule has 7 heteroatoms. The number of amides is 2. The quantitative estimate of drug-likeness (QED) is 0.675. The van der Waals surface area contributed by atoms with Crippen molar-refractivity contribution in [2.75, 3.05) is 13.1 Å². The van der Waals surface area contributed by atoms with Crippen LogP contribution in [0.5, 0.6) is 0 Å². The van der Waals surface area contributed by atoms with Gasteiger partial charge in [0.25, 0.3) is 5.91 Å². The Hall–Kier alpha value is -3.45. The minimum Gasteiger partial charge on any atom is -0.366 e. The van der Waals surface area contributed by atoms with Gasteiger partial charge < -0.3 is 10.6 Å². The molecule has 2 N–H and O–H groups in total. The van der Waals surface area contributed by atoms with Crippen LogP contribution in [-0.2, 0) is 6.54 Å². The van der Waals surface area contributed by atoms with E-state index in [1.165, 1.54) is 5.56 Å². The third-order valence-corrected chi connectivity index (χ3v) is 6.71. The highest BCUT2D eigenvalue weighted by Crippen LogP contribution is 2.38. The predicted octanol–water partition coefficient (Wildman–Crippen LogP) is 3.15. The van der Waals surface area contributed by atoms with Gasteiger partial charge in [-0.2, -0.15) is 5.10 Å². The van der Waals surface area contributed by atoms with Crippen LogP contribution < -0.4 is 5.73 Å². The first-order chi connectivity index (χ1) is 15.5. The maximum Gasteiger partial charge on any atom is 0.255 e. The molecule has 1 saturated heterocycles. The largest absolute Gasteiger partial charge is 0.366 e. The molecule has 5 rings (SSSR count). The lowest BCUT2D eigenvalue weighted by Crippen LogP contribution is -2.45. The maximum atomic E-state index is 13.3. The molecule has 0 radical (unpaired) electrons. The van der Waals surface area contributed by atoms with Crippen LogP contribution in [0.25, 0.3) is 5.69 Å². The predicted molar refractivity (Wildman–Crippen MR) is 121 cm³/mol. The second-order valence-corrected chi connectivity index (χ2v) is 8.65. The summed E-state index contributed by atoms with van der Waals surface area (Å²) < 4.78 is 1.87. The van der Waals surface area contributed by atoms with Crippen molar-refractivity contribution in [3.05, 3.63) is 83.2 Å². The van der Waals surface area contributed by atoms with Gasteiger partial charge in [0.05, 0.1) is 22.9 Å². The van der Waals surface area contributed by atoms with Gasteiger partial charge in [-0.3, -0.25) is 14.5 Å². The number of hydrogen-bond donors (Lipinski definition) is 1. The summed E-state index contributed by atoms with van der Waals surface area (Å²) in [5, 5.41) is 4.31. The van der Waals surface area contributed by atoms with Crippen molar-refractivity contribution >= 4 is 11.8 Å². The molecule has 0 bridgehead atoms. The van der Waals surface area contributed by atoms with Crippen molar-refractivity contribution in [1.29, 1.82) is 0 Å². The fraction of sp³-hybridized carbons (Fsp3) is 0.320. The SMILES string of the molecule is CC1c2cccc(C(N)=O)c2C(=O)N1C1CCN(Cc2cccc(-n3cccn3)c2)CC1. The molecular weight excluding hydrogens is 402 g/mol. The third-order valence-electron chi connectivity index (χ3n) is 6.71. The maximum absolute atomic E-state index is 13.3. The van der Waals surface area contributed by atoms with Crippen molar-refractivity contribution < 1.29 is 9.59 Å². The number of rotatable bonds is 5. The molecule has 1 aromatic heterocycles. The summed E-state index contributed by atoms with van der Waals surface area (Å²) in [4.78, 5) is 29.5. The van der Waals surface area contributed by atoms with Crippen molar-refractivity contribution in [2.24, 2.45) is 5.73 Å². The Morgan fingerprint density at radius 1 is 1.12 bits per heavy atom. The van der Waals surface area contributed by atoms with E-state index in [0.29, 0.717) is 11.1 Å². The summed E-state index contributed by atoms with van der Waals surface area (Å²) in [7, 11) is 0. The second-order valence-electron chi connectivity index (χ2n) is 8.65. The molecule has 164 valence electrons. The fourth-order valence-corrected chi connectivity index (χ4v) is 5.13. The van der Waals surface area contributed by atoms with E-state index < -0.39 is 5.91 Å². The van der Waals surface area contributed by atoms with E-state index in [2.05, 4.69) is 34.3 Å². The molecule has 32 heavy (non-hydrogen) atoms. The van der Waals surface area contributed by atoms with Gasteiger partial charge in [0.2, 0.25) is 5.91 Å². The molecule has 0 aliphatic carbocycles. The first kappa shape index (κ1) is 20.5. The summed E-state index contributed by atoms with van der Waals surface area (Å²) in [5.41, 5.74) is 9.57. The minimum absolute atomic E-state index is 0.0425. The van der Waals surface area contributed by atoms with Gasteiger partial charge >= 0.3 is 0 Å². The lowest BCUT2D eigenvalue weighted by molar-refractivity contribution is 0.0510. The Morgan fingerprint density at radius 2 is 1.91 bits per heavy atom. The van der Waals surface area contributed by atoms with Gasteiger partial charge in [-0.15, -0.1) is 0 Å². The molecule has 2 aliphatic heterocycles. The monoisotopic (exact) mass is 429 g/mol. The van der Waals surface area contributed by atoms with E-state index in [0.717, 1.165) is 43.7 Å². The number of fused-ring (bicyclic) bond motifs is 1. The van der Waals surface area contributed by atoms with Crippen LogP contribution in [0, 0.1) is 0 Å². The molecule has 1 atom stereocenters. The van der Waals surface area contributed by atoms with Crippen molar-refractivity contribution in [1.82, 2.24) is 19.6 Å². The zero-order valence-electron chi connectivity index (χ0n) is 18.1. The molecule has 3 heterocycles. The fourth-order valence-electron chi connectivity index (χ4n) is 5.13. The highest BCUT2D eigenvalue weighted by Gasteiger charge is 2.41. The van der Waals surface area contributed by atoms with Gasteiger partial charge in [0.15, 0.2) is 0 Å². The van der Waals surface area contributed by atoms with Gasteiger partial charge in [-0.25, -0.2) is 4.68 Å².